The summed E-state index contributed by atoms with van der Waals surface area (Å²) in [6, 6.07) is 0. The second-order valence-electron chi connectivity index (χ2n) is 3.96. The van der Waals surface area contributed by atoms with Crippen molar-refractivity contribution in [2.45, 2.75) is 32.1 Å². The van der Waals surface area contributed by atoms with Gasteiger partial charge in [0.2, 0.25) is 0 Å². The minimum Gasteiger partial charge on any atom is -0.304 e. The monoisotopic (exact) mass is 141 g/mol. The average molecular weight is 141 g/mol. The molecule has 0 unspecified atom stereocenters. The molecule has 0 aromatic carbocycles. The zero-order chi connectivity index (χ0) is 7.03. The van der Waals surface area contributed by atoms with Crippen LogP contribution in [-0.4, -0.2) is 6.61 Å². The van der Waals surface area contributed by atoms with Crippen molar-refractivity contribution in [3.63, 3.8) is 0 Å². The van der Waals surface area contributed by atoms with Crippen LogP contribution >= 0.6 is 0 Å². The van der Waals surface area contributed by atoms with Crippen molar-refractivity contribution >= 4 is 0 Å². The van der Waals surface area contributed by atoms with Crippen LogP contribution in [0.1, 0.15) is 32.1 Å². The standard InChI is InChI=1S/C8H15NO/c9-10-6-8(3-4-8)5-7-1-2-7/h7H,1-6,9H2. The smallest absolute Gasteiger partial charge is 0.0735 e. The van der Waals surface area contributed by atoms with Gasteiger partial charge in [-0.05, 0) is 30.6 Å². The van der Waals surface area contributed by atoms with Gasteiger partial charge in [-0.1, -0.05) is 12.8 Å². The maximum Gasteiger partial charge on any atom is 0.0735 e. The van der Waals surface area contributed by atoms with E-state index < -0.39 is 0 Å². The van der Waals surface area contributed by atoms with Crippen LogP contribution in [-0.2, 0) is 4.84 Å². The second-order valence-corrected chi connectivity index (χ2v) is 3.96. The Morgan fingerprint density at radius 2 is 2.10 bits per heavy atom. The van der Waals surface area contributed by atoms with E-state index in [-0.39, 0.29) is 0 Å². The lowest BCUT2D eigenvalue weighted by Gasteiger charge is -2.11. The summed E-state index contributed by atoms with van der Waals surface area (Å²) < 4.78 is 0. The van der Waals surface area contributed by atoms with Crippen molar-refractivity contribution in [1.29, 1.82) is 0 Å². The molecular weight excluding hydrogens is 126 g/mol. The van der Waals surface area contributed by atoms with Crippen molar-refractivity contribution in [3.8, 4) is 0 Å². The highest BCUT2D eigenvalue weighted by Crippen LogP contribution is 2.54. The largest absolute Gasteiger partial charge is 0.304 e. The third-order valence-electron chi connectivity index (χ3n) is 2.77. The van der Waals surface area contributed by atoms with Crippen LogP contribution in [0, 0.1) is 11.3 Å². The van der Waals surface area contributed by atoms with E-state index in [0.717, 1.165) is 12.5 Å². The number of nitrogens with two attached hydrogens (primary N) is 1. The van der Waals surface area contributed by atoms with E-state index in [9.17, 15) is 0 Å². The molecule has 0 amide bonds. The number of hydrogen-bond acceptors (Lipinski definition) is 2. The predicted octanol–water partition coefficient (Wildman–Crippen LogP) is 1.46. The summed E-state index contributed by atoms with van der Waals surface area (Å²) in [5, 5.41) is 0. The lowest BCUT2D eigenvalue weighted by molar-refractivity contribution is 0.0857. The molecule has 0 bridgehead atoms. The average Bonchev–Trinajstić information content (AvgIpc) is 2.73. The molecule has 0 radical (unpaired) electrons. The first-order valence-electron chi connectivity index (χ1n) is 4.16. The Morgan fingerprint density at radius 1 is 1.40 bits per heavy atom. The highest BCUT2D eigenvalue weighted by molar-refractivity contribution is 4.96. The minimum absolute atomic E-state index is 0.538. The molecule has 58 valence electrons. The molecular formula is C8H15NO. The van der Waals surface area contributed by atoms with Gasteiger partial charge >= 0.3 is 0 Å². The van der Waals surface area contributed by atoms with Gasteiger partial charge in [0.05, 0.1) is 6.61 Å². The van der Waals surface area contributed by atoms with E-state index in [1.54, 1.807) is 0 Å². The van der Waals surface area contributed by atoms with E-state index in [2.05, 4.69) is 0 Å². The van der Waals surface area contributed by atoms with Crippen LogP contribution < -0.4 is 5.90 Å². The zero-order valence-electron chi connectivity index (χ0n) is 6.31. The molecule has 2 nitrogen and oxygen atoms in total. The highest BCUT2D eigenvalue weighted by atomic mass is 16.6. The Bertz CT molecular complexity index is 127. The SMILES string of the molecule is NOCC1(CC2CC2)CC1. The zero-order valence-corrected chi connectivity index (χ0v) is 6.31. The summed E-state index contributed by atoms with van der Waals surface area (Å²) in [5.74, 6) is 6.08. The Labute approximate surface area is 61.7 Å². The number of rotatable bonds is 4. The molecule has 2 N–H and O–H groups in total. The van der Waals surface area contributed by atoms with Crippen LogP contribution in [0.2, 0.25) is 0 Å². The van der Waals surface area contributed by atoms with E-state index in [0.29, 0.717) is 5.41 Å². The first-order valence-corrected chi connectivity index (χ1v) is 4.16. The quantitative estimate of drug-likeness (QED) is 0.601. The molecule has 0 aliphatic heterocycles. The van der Waals surface area contributed by atoms with E-state index in [4.69, 9.17) is 10.7 Å². The molecule has 2 aliphatic carbocycles. The summed E-state index contributed by atoms with van der Waals surface area (Å²) in [4.78, 5) is 4.70. The van der Waals surface area contributed by atoms with Crippen LogP contribution in [0.5, 0.6) is 0 Å². The first kappa shape index (κ1) is 6.62. The Kier molecular flexibility index (Phi) is 1.46. The first-order chi connectivity index (χ1) is 4.85. The molecule has 2 rings (SSSR count). The molecule has 0 aromatic rings. The fourth-order valence-electron chi connectivity index (χ4n) is 1.70. The van der Waals surface area contributed by atoms with Gasteiger partial charge in [0.15, 0.2) is 0 Å². The van der Waals surface area contributed by atoms with Gasteiger partial charge in [-0.3, -0.25) is 0 Å². The summed E-state index contributed by atoms with van der Waals surface area (Å²) in [6.45, 7) is 0.795. The van der Waals surface area contributed by atoms with Gasteiger partial charge in [-0.15, -0.1) is 0 Å². The topological polar surface area (TPSA) is 35.2 Å². The van der Waals surface area contributed by atoms with Gasteiger partial charge in [-0.25, -0.2) is 5.90 Å². The van der Waals surface area contributed by atoms with Crippen molar-refractivity contribution in [1.82, 2.24) is 0 Å². The van der Waals surface area contributed by atoms with Crippen LogP contribution in [0.4, 0.5) is 0 Å². The maximum absolute atomic E-state index is 5.05. The normalized spacial score (nSPS) is 28.5. The molecule has 0 heterocycles. The highest BCUT2D eigenvalue weighted by Gasteiger charge is 2.46. The summed E-state index contributed by atoms with van der Waals surface area (Å²) in [7, 11) is 0. The molecule has 2 heteroatoms. The van der Waals surface area contributed by atoms with Gasteiger partial charge in [0.25, 0.3) is 0 Å². The van der Waals surface area contributed by atoms with Gasteiger partial charge in [0, 0.05) is 0 Å². The fraction of sp³-hybridized carbons (Fsp3) is 1.00. The molecule has 2 aliphatic rings. The summed E-state index contributed by atoms with van der Waals surface area (Å²) in [6.07, 6.45) is 6.98. The van der Waals surface area contributed by atoms with Crippen molar-refractivity contribution < 1.29 is 4.84 Å². The van der Waals surface area contributed by atoms with Gasteiger partial charge in [0.1, 0.15) is 0 Å². The minimum atomic E-state index is 0.538. The molecule has 10 heavy (non-hydrogen) atoms. The predicted molar refractivity (Wildman–Crippen MR) is 39.1 cm³/mol. The Morgan fingerprint density at radius 3 is 2.50 bits per heavy atom. The van der Waals surface area contributed by atoms with Crippen LogP contribution in [0.25, 0.3) is 0 Å². The van der Waals surface area contributed by atoms with Gasteiger partial charge in [-0.2, -0.15) is 0 Å². The summed E-state index contributed by atoms with van der Waals surface area (Å²) in [5.41, 5.74) is 0.538. The fourth-order valence-corrected chi connectivity index (χ4v) is 1.70. The molecule has 2 fully saturated rings. The van der Waals surface area contributed by atoms with E-state index >= 15 is 0 Å². The van der Waals surface area contributed by atoms with Crippen molar-refractivity contribution in [3.05, 3.63) is 0 Å². The lowest BCUT2D eigenvalue weighted by atomic mass is 10.0. The van der Waals surface area contributed by atoms with E-state index in [1.165, 1.54) is 32.1 Å². The van der Waals surface area contributed by atoms with Gasteiger partial charge < -0.3 is 4.84 Å². The van der Waals surface area contributed by atoms with E-state index in [1.807, 2.05) is 0 Å². The molecule has 0 spiro atoms. The molecule has 0 saturated heterocycles. The third kappa shape index (κ3) is 1.32. The lowest BCUT2D eigenvalue weighted by Crippen LogP contribution is -2.14. The molecule has 0 aromatic heterocycles. The second kappa shape index (κ2) is 2.21. The van der Waals surface area contributed by atoms with Crippen LogP contribution in [0.15, 0.2) is 0 Å². The number of hydrogen-bond donors (Lipinski definition) is 1. The molecule has 0 atom stereocenters. The van der Waals surface area contributed by atoms with Crippen LogP contribution in [0.3, 0.4) is 0 Å². The Balaban J connectivity index is 1.76. The van der Waals surface area contributed by atoms with Crippen molar-refractivity contribution in [2.24, 2.45) is 17.2 Å². The summed E-state index contributed by atoms with van der Waals surface area (Å²) >= 11 is 0. The Hall–Kier alpha value is -0.0800. The van der Waals surface area contributed by atoms with Crippen molar-refractivity contribution in [2.75, 3.05) is 6.61 Å². The molecule has 2 saturated carbocycles. The maximum atomic E-state index is 5.05. The third-order valence-corrected chi connectivity index (χ3v) is 2.77.